The molecule has 17 heavy (non-hydrogen) atoms. The Morgan fingerprint density at radius 2 is 2.29 bits per heavy atom. The van der Waals surface area contributed by atoms with Gasteiger partial charge in [0.1, 0.15) is 5.75 Å². The average Bonchev–Trinajstić information content (AvgIpc) is 2.29. The minimum absolute atomic E-state index is 0.0172. The molecule has 0 unspecified atom stereocenters. The Morgan fingerprint density at radius 1 is 1.53 bits per heavy atom. The zero-order valence-corrected chi connectivity index (χ0v) is 11.0. The van der Waals surface area contributed by atoms with Gasteiger partial charge in [-0.25, -0.2) is 0 Å². The van der Waals surface area contributed by atoms with E-state index >= 15 is 0 Å². The van der Waals surface area contributed by atoms with Crippen LogP contribution in [-0.4, -0.2) is 25.0 Å². The van der Waals surface area contributed by atoms with Crippen LogP contribution in [0.3, 0.4) is 0 Å². The SMILES string of the molecule is COc1ccc(NC(=O)CCCSC)cc1N. The molecule has 1 amide bonds. The van der Waals surface area contributed by atoms with Crippen LogP contribution in [0.2, 0.25) is 0 Å². The van der Waals surface area contributed by atoms with Gasteiger partial charge >= 0.3 is 0 Å². The first kappa shape index (κ1) is 13.7. The lowest BCUT2D eigenvalue weighted by molar-refractivity contribution is -0.116. The monoisotopic (exact) mass is 254 g/mol. The van der Waals surface area contributed by atoms with Gasteiger partial charge in [-0.2, -0.15) is 11.8 Å². The molecule has 0 aliphatic rings. The molecule has 0 heterocycles. The zero-order valence-electron chi connectivity index (χ0n) is 10.2. The van der Waals surface area contributed by atoms with E-state index in [4.69, 9.17) is 10.5 Å². The van der Waals surface area contributed by atoms with Gasteiger partial charge in [-0.1, -0.05) is 0 Å². The van der Waals surface area contributed by atoms with Gasteiger partial charge in [0, 0.05) is 12.1 Å². The van der Waals surface area contributed by atoms with Gasteiger partial charge in [0.25, 0.3) is 0 Å². The third kappa shape index (κ3) is 4.56. The molecule has 0 aliphatic heterocycles. The van der Waals surface area contributed by atoms with Crippen LogP contribution in [0.5, 0.6) is 5.75 Å². The summed E-state index contributed by atoms with van der Waals surface area (Å²) in [6.45, 7) is 0. The molecule has 4 nitrogen and oxygen atoms in total. The van der Waals surface area contributed by atoms with Crippen molar-refractivity contribution in [1.82, 2.24) is 0 Å². The number of methoxy groups -OCH3 is 1. The molecule has 0 bridgehead atoms. The number of rotatable bonds is 6. The largest absolute Gasteiger partial charge is 0.495 e. The highest BCUT2D eigenvalue weighted by molar-refractivity contribution is 7.98. The fraction of sp³-hybridized carbons (Fsp3) is 0.417. The van der Waals surface area contributed by atoms with Crippen molar-refractivity contribution in [3.05, 3.63) is 18.2 Å². The van der Waals surface area contributed by atoms with Crippen molar-refractivity contribution in [2.24, 2.45) is 0 Å². The number of nitrogens with one attached hydrogen (secondary N) is 1. The van der Waals surface area contributed by atoms with Gasteiger partial charge in [0.2, 0.25) is 5.91 Å². The highest BCUT2D eigenvalue weighted by atomic mass is 32.2. The normalized spacial score (nSPS) is 10.0. The van der Waals surface area contributed by atoms with Gasteiger partial charge in [0.15, 0.2) is 0 Å². The van der Waals surface area contributed by atoms with E-state index in [2.05, 4.69) is 5.32 Å². The Hall–Kier alpha value is -1.36. The van der Waals surface area contributed by atoms with Crippen molar-refractivity contribution in [3.63, 3.8) is 0 Å². The highest BCUT2D eigenvalue weighted by Crippen LogP contribution is 2.24. The lowest BCUT2D eigenvalue weighted by Crippen LogP contribution is -2.11. The van der Waals surface area contributed by atoms with Crippen LogP contribution in [0.15, 0.2) is 18.2 Å². The van der Waals surface area contributed by atoms with E-state index < -0.39 is 0 Å². The Bertz CT molecular complexity index is 383. The van der Waals surface area contributed by atoms with E-state index in [1.165, 1.54) is 0 Å². The lowest BCUT2D eigenvalue weighted by Gasteiger charge is -2.08. The maximum atomic E-state index is 11.6. The molecule has 0 saturated heterocycles. The smallest absolute Gasteiger partial charge is 0.224 e. The summed E-state index contributed by atoms with van der Waals surface area (Å²) < 4.78 is 5.04. The molecule has 0 aromatic heterocycles. The minimum atomic E-state index is 0.0172. The first-order valence-corrected chi connectivity index (χ1v) is 6.79. The first-order chi connectivity index (χ1) is 8.17. The van der Waals surface area contributed by atoms with E-state index in [1.54, 1.807) is 37.1 Å². The summed E-state index contributed by atoms with van der Waals surface area (Å²) in [5.74, 6) is 1.63. The molecule has 0 radical (unpaired) electrons. The molecule has 1 aromatic carbocycles. The topological polar surface area (TPSA) is 64.3 Å². The minimum Gasteiger partial charge on any atom is -0.495 e. The number of nitrogen functional groups attached to an aromatic ring is 1. The second kappa shape index (κ2) is 7.06. The van der Waals surface area contributed by atoms with Crippen molar-refractivity contribution in [2.45, 2.75) is 12.8 Å². The molecule has 5 heteroatoms. The maximum absolute atomic E-state index is 11.6. The first-order valence-electron chi connectivity index (χ1n) is 5.39. The van der Waals surface area contributed by atoms with Crippen LogP contribution in [0.1, 0.15) is 12.8 Å². The number of hydrogen-bond acceptors (Lipinski definition) is 4. The summed E-state index contributed by atoms with van der Waals surface area (Å²) >= 11 is 1.74. The Kier molecular flexibility index (Phi) is 5.69. The number of nitrogens with two attached hydrogens (primary N) is 1. The zero-order chi connectivity index (χ0) is 12.7. The van der Waals surface area contributed by atoms with Gasteiger partial charge in [0.05, 0.1) is 12.8 Å². The maximum Gasteiger partial charge on any atom is 0.224 e. The quantitative estimate of drug-likeness (QED) is 0.604. The van der Waals surface area contributed by atoms with Crippen molar-refractivity contribution in [3.8, 4) is 5.75 Å². The Balaban J connectivity index is 2.51. The van der Waals surface area contributed by atoms with Gasteiger partial charge in [-0.3, -0.25) is 4.79 Å². The average molecular weight is 254 g/mol. The molecule has 0 saturated carbocycles. The Labute approximate surface area is 106 Å². The number of benzene rings is 1. The van der Waals surface area contributed by atoms with Crippen LogP contribution in [0.4, 0.5) is 11.4 Å². The van der Waals surface area contributed by atoms with Crippen LogP contribution in [0.25, 0.3) is 0 Å². The number of hydrogen-bond donors (Lipinski definition) is 2. The van der Waals surface area contributed by atoms with Gasteiger partial charge in [-0.05, 0) is 36.6 Å². The van der Waals surface area contributed by atoms with Crippen LogP contribution in [-0.2, 0) is 4.79 Å². The number of thioether (sulfide) groups is 1. The highest BCUT2D eigenvalue weighted by Gasteiger charge is 2.04. The number of anilines is 2. The van der Waals surface area contributed by atoms with E-state index in [1.807, 2.05) is 6.26 Å². The standard InChI is InChI=1S/C12H18N2O2S/c1-16-11-6-5-9(8-10(11)13)14-12(15)4-3-7-17-2/h5-6,8H,3-4,7,13H2,1-2H3,(H,14,15). The van der Waals surface area contributed by atoms with Crippen LogP contribution in [0, 0.1) is 0 Å². The fourth-order valence-electron chi connectivity index (χ4n) is 1.41. The third-order valence-electron chi connectivity index (χ3n) is 2.27. The number of carbonyl (C=O) groups excluding carboxylic acids is 1. The molecular weight excluding hydrogens is 236 g/mol. The van der Waals surface area contributed by atoms with E-state index in [0.29, 0.717) is 23.5 Å². The third-order valence-corrected chi connectivity index (χ3v) is 2.96. The summed E-state index contributed by atoms with van der Waals surface area (Å²) in [4.78, 5) is 11.6. The van der Waals surface area contributed by atoms with Crippen molar-refractivity contribution in [1.29, 1.82) is 0 Å². The molecule has 0 spiro atoms. The lowest BCUT2D eigenvalue weighted by atomic mass is 10.2. The second-order valence-corrected chi connectivity index (χ2v) is 4.59. The number of ether oxygens (including phenoxy) is 1. The summed E-state index contributed by atoms with van der Waals surface area (Å²) in [6, 6.07) is 5.22. The molecule has 0 aliphatic carbocycles. The van der Waals surface area contributed by atoms with Crippen molar-refractivity contribution in [2.75, 3.05) is 30.2 Å². The second-order valence-electron chi connectivity index (χ2n) is 3.60. The molecular formula is C12H18N2O2S. The van der Waals surface area contributed by atoms with Crippen LogP contribution < -0.4 is 15.8 Å². The van der Waals surface area contributed by atoms with Crippen molar-refractivity contribution < 1.29 is 9.53 Å². The summed E-state index contributed by atoms with van der Waals surface area (Å²) in [5, 5.41) is 2.81. The summed E-state index contributed by atoms with van der Waals surface area (Å²) in [6.07, 6.45) is 3.45. The molecule has 1 aromatic rings. The molecule has 94 valence electrons. The summed E-state index contributed by atoms with van der Waals surface area (Å²) in [5.41, 5.74) is 6.98. The van der Waals surface area contributed by atoms with Crippen molar-refractivity contribution >= 4 is 29.0 Å². The molecule has 0 fully saturated rings. The van der Waals surface area contributed by atoms with E-state index in [0.717, 1.165) is 12.2 Å². The molecule has 0 atom stereocenters. The van der Waals surface area contributed by atoms with Gasteiger partial charge in [-0.15, -0.1) is 0 Å². The summed E-state index contributed by atoms with van der Waals surface area (Å²) in [7, 11) is 1.56. The van der Waals surface area contributed by atoms with E-state index in [-0.39, 0.29) is 5.91 Å². The molecule has 3 N–H and O–H groups in total. The Morgan fingerprint density at radius 3 is 2.88 bits per heavy atom. The van der Waals surface area contributed by atoms with E-state index in [9.17, 15) is 4.79 Å². The predicted octanol–water partition coefficient (Wildman–Crippen LogP) is 2.36. The predicted molar refractivity (Wildman–Crippen MR) is 73.7 cm³/mol. The number of carbonyl (C=O) groups is 1. The van der Waals surface area contributed by atoms with Gasteiger partial charge < -0.3 is 15.8 Å². The molecule has 1 rings (SSSR count). The fourth-order valence-corrected chi connectivity index (χ4v) is 1.85. The number of amides is 1. The van der Waals surface area contributed by atoms with Crippen LogP contribution >= 0.6 is 11.8 Å².